The number of aromatic nitrogens is 2. The predicted molar refractivity (Wildman–Crippen MR) is 86.1 cm³/mol. The molecular formula is C15H23N3OS. The van der Waals surface area contributed by atoms with E-state index in [1.807, 2.05) is 12.1 Å². The lowest BCUT2D eigenvalue weighted by molar-refractivity contribution is 0.285. The molecule has 2 rings (SSSR count). The van der Waals surface area contributed by atoms with Crippen LogP contribution in [0.15, 0.2) is 18.2 Å². The summed E-state index contributed by atoms with van der Waals surface area (Å²) in [7, 11) is 4.16. The third-order valence-electron chi connectivity index (χ3n) is 3.56. The molecule has 0 radical (unpaired) electrons. The molecule has 110 valence electrons. The van der Waals surface area contributed by atoms with Gasteiger partial charge >= 0.3 is 0 Å². The second-order valence-electron chi connectivity index (χ2n) is 5.35. The fourth-order valence-electron chi connectivity index (χ4n) is 2.10. The molecule has 1 atom stereocenters. The maximum Gasteiger partial charge on any atom is 0.178 e. The standard InChI is InChI=1S/C15H23N3OS/c1-5-9-19-13-8-6-7-12-14(13)16-15(20)18(12)10-11(2)17(3)4/h6-8,11H,5,9-10H2,1-4H3,(H,16,20). The maximum absolute atomic E-state index is 5.79. The summed E-state index contributed by atoms with van der Waals surface area (Å²) in [6.07, 6.45) is 0.996. The first-order valence-corrected chi connectivity index (χ1v) is 7.46. The van der Waals surface area contributed by atoms with Crippen LogP contribution in [0.5, 0.6) is 5.75 Å². The molecule has 0 amide bonds. The van der Waals surface area contributed by atoms with Crippen LogP contribution in [0.25, 0.3) is 11.0 Å². The van der Waals surface area contributed by atoms with E-state index in [1.165, 1.54) is 0 Å². The first kappa shape index (κ1) is 15.1. The van der Waals surface area contributed by atoms with E-state index in [2.05, 4.69) is 48.5 Å². The van der Waals surface area contributed by atoms with Crippen LogP contribution in [-0.4, -0.2) is 41.2 Å². The van der Waals surface area contributed by atoms with E-state index in [0.717, 1.165) is 41.1 Å². The highest BCUT2D eigenvalue weighted by Gasteiger charge is 2.12. The molecule has 5 heteroatoms. The zero-order valence-corrected chi connectivity index (χ0v) is 13.5. The molecule has 1 aromatic heterocycles. The molecule has 0 spiro atoms. The van der Waals surface area contributed by atoms with Gasteiger partial charge in [-0.1, -0.05) is 13.0 Å². The maximum atomic E-state index is 5.79. The number of benzene rings is 1. The van der Waals surface area contributed by atoms with Gasteiger partial charge in [-0.3, -0.25) is 0 Å². The molecule has 0 saturated carbocycles. The van der Waals surface area contributed by atoms with Gasteiger partial charge in [0.1, 0.15) is 11.3 Å². The SMILES string of the molecule is CCCOc1cccc2c1[nH]c(=S)n2CC(C)N(C)C. The predicted octanol–water partition coefficient (Wildman–Crippen LogP) is 3.44. The third-order valence-corrected chi connectivity index (χ3v) is 3.88. The van der Waals surface area contributed by atoms with Crippen LogP contribution in [0.1, 0.15) is 20.3 Å². The van der Waals surface area contributed by atoms with Crippen LogP contribution in [0.4, 0.5) is 0 Å². The van der Waals surface area contributed by atoms with Crippen molar-refractivity contribution in [2.24, 2.45) is 0 Å². The Hall–Kier alpha value is -1.33. The van der Waals surface area contributed by atoms with Crippen molar-refractivity contribution in [2.45, 2.75) is 32.9 Å². The van der Waals surface area contributed by atoms with Gasteiger partial charge in [0.2, 0.25) is 0 Å². The average molecular weight is 293 g/mol. The number of rotatable bonds is 6. The third kappa shape index (κ3) is 3.04. The van der Waals surface area contributed by atoms with Gasteiger partial charge in [0.15, 0.2) is 4.77 Å². The van der Waals surface area contributed by atoms with E-state index in [-0.39, 0.29) is 0 Å². The highest BCUT2D eigenvalue weighted by molar-refractivity contribution is 7.71. The summed E-state index contributed by atoms with van der Waals surface area (Å²) in [4.78, 5) is 5.48. The van der Waals surface area contributed by atoms with E-state index >= 15 is 0 Å². The van der Waals surface area contributed by atoms with Crippen LogP contribution in [0, 0.1) is 4.77 Å². The highest BCUT2D eigenvalue weighted by atomic mass is 32.1. The van der Waals surface area contributed by atoms with Gasteiger partial charge in [0, 0.05) is 12.6 Å². The van der Waals surface area contributed by atoms with Crippen molar-refractivity contribution in [3.8, 4) is 5.75 Å². The first-order chi connectivity index (χ1) is 9.54. The molecule has 0 aliphatic heterocycles. The van der Waals surface area contributed by atoms with E-state index in [4.69, 9.17) is 17.0 Å². The number of nitrogens with zero attached hydrogens (tertiary/aromatic N) is 2. The van der Waals surface area contributed by atoms with Gasteiger partial charge in [0.05, 0.1) is 12.1 Å². The number of nitrogens with one attached hydrogen (secondary N) is 1. The molecule has 0 fully saturated rings. The van der Waals surface area contributed by atoms with Gasteiger partial charge in [-0.05, 0) is 51.8 Å². The van der Waals surface area contributed by atoms with Gasteiger partial charge in [-0.2, -0.15) is 0 Å². The zero-order chi connectivity index (χ0) is 14.7. The fourth-order valence-corrected chi connectivity index (χ4v) is 2.37. The highest BCUT2D eigenvalue weighted by Crippen LogP contribution is 2.25. The summed E-state index contributed by atoms with van der Waals surface area (Å²) in [6.45, 7) is 5.88. The lowest BCUT2D eigenvalue weighted by Crippen LogP contribution is -2.29. The molecule has 4 nitrogen and oxygen atoms in total. The lowest BCUT2D eigenvalue weighted by Gasteiger charge is -2.20. The summed E-state index contributed by atoms with van der Waals surface area (Å²) in [6, 6.07) is 6.51. The minimum absolute atomic E-state index is 0.418. The molecule has 2 aromatic rings. The molecule has 1 N–H and O–H groups in total. The van der Waals surface area contributed by atoms with Crippen LogP contribution < -0.4 is 4.74 Å². The minimum Gasteiger partial charge on any atom is -0.491 e. The van der Waals surface area contributed by atoms with E-state index in [0.29, 0.717) is 6.04 Å². The Kier molecular flexibility index (Phi) is 4.83. The van der Waals surface area contributed by atoms with Gasteiger partial charge in [-0.25, -0.2) is 0 Å². The topological polar surface area (TPSA) is 33.2 Å². The quantitative estimate of drug-likeness (QED) is 0.828. The van der Waals surface area contributed by atoms with Crippen molar-refractivity contribution in [1.29, 1.82) is 0 Å². The second-order valence-corrected chi connectivity index (χ2v) is 5.74. The fraction of sp³-hybridized carbons (Fsp3) is 0.533. The smallest absolute Gasteiger partial charge is 0.178 e. The molecule has 0 aliphatic carbocycles. The van der Waals surface area contributed by atoms with Crippen LogP contribution in [0.2, 0.25) is 0 Å². The van der Waals surface area contributed by atoms with Crippen molar-refractivity contribution in [1.82, 2.24) is 14.5 Å². The summed E-state index contributed by atoms with van der Waals surface area (Å²) in [5.74, 6) is 0.881. The molecule has 1 aromatic carbocycles. The second kappa shape index (κ2) is 6.41. The Balaban J connectivity index is 2.41. The number of imidazole rings is 1. The monoisotopic (exact) mass is 293 g/mol. The van der Waals surface area contributed by atoms with Crippen LogP contribution in [-0.2, 0) is 6.54 Å². The van der Waals surface area contributed by atoms with Crippen molar-refractivity contribution in [2.75, 3.05) is 20.7 Å². The number of likely N-dealkylation sites (N-methyl/N-ethyl adjacent to an activating group) is 1. The number of H-pyrrole nitrogens is 1. The molecule has 1 unspecified atom stereocenters. The minimum atomic E-state index is 0.418. The molecular weight excluding hydrogens is 270 g/mol. The van der Waals surface area contributed by atoms with E-state index < -0.39 is 0 Å². The van der Waals surface area contributed by atoms with Crippen LogP contribution in [0.3, 0.4) is 0 Å². The molecule has 0 bridgehead atoms. The Morgan fingerprint density at radius 3 is 2.80 bits per heavy atom. The summed E-state index contributed by atoms with van der Waals surface area (Å²) >= 11 is 5.46. The number of hydrogen-bond acceptors (Lipinski definition) is 3. The molecule has 1 heterocycles. The van der Waals surface area contributed by atoms with Gasteiger partial charge < -0.3 is 19.2 Å². The average Bonchev–Trinajstić information content (AvgIpc) is 2.73. The molecule has 0 aliphatic rings. The van der Waals surface area contributed by atoms with Gasteiger partial charge in [-0.15, -0.1) is 0 Å². The van der Waals surface area contributed by atoms with Crippen molar-refractivity contribution in [3.63, 3.8) is 0 Å². The molecule has 0 saturated heterocycles. The number of aromatic amines is 1. The van der Waals surface area contributed by atoms with Crippen LogP contribution >= 0.6 is 12.2 Å². The summed E-state index contributed by atoms with van der Waals surface area (Å²) < 4.78 is 8.69. The van der Waals surface area contributed by atoms with E-state index in [9.17, 15) is 0 Å². The Labute approximate surface area is 125 Å². The Bertz CT molecular complexity index is 630. The normalized spacial score (nSPS) is 13.1. The lowest BCUT2D eigenvalue weighted by atomic mass is 10.2. The molecule has 20 heavy (non-hydrogen) atoms. The zero-order valence-electron chi connectivity index (χ0n) is 12.6. The summed E-state index contributed by atoms with van der Waals surface area (Å²) in [5.41, 5.74) is 2.11. The first-order valence-electron chi connectivity index (χ1n) is 7.05. The van der Waals surface area contributed by atoms with E-state index in [1.54, 1.807) is 0 Å². The van der Waals surface area contributed by atoms with Crippen molar-refractivity contribution in [3.05, 3.63) is 23.0 Å². The number of ether oxygens (including phenoxy) is 1. The number of fused-ring (bicyclic) bond motifs is 1. The largest absolute Gasteiger partial charge is 0.491 e. The number of hydrogen-bond donors (Lipinski definition) is 1. The Morgan fingerprint density at radius 2 is 2.15 bits per heavy atom. The van der Waals surface area contributed by atoms with Gasteiger partial charge in [0.25, 0.3) is 0 Å². The van der Waals surface area contributed by atoms with Crippen molar-refractivity contribution >= 4 is 23.3 Å². The number of para-hydroxylation sites is 1. The summed E-state index contributed by atoms with van der Waals surface area (Å²) in [5, 5.41) is 0. The Morgan fingerprint density at radius 1 is 1.40 bits per heavy atom. The van der Waals surface area contributed by atoms with Crippen molar-refractivity contribution < 1.29 is 4.74 Å².